The third kappa shape index (κ3) is 2.32. The number of ketones is 2. The smallest absolute Gasteiger partial charge is 0.309 e. The van der Waals surface area contributed by atoms with Crippen molar-refractivity contribution in [2.75, 3.05) is 7.11 Å². The number of fused-ring (bicyclic) bond motifs is 1. The lowest BCUT2D eigenvalue weighted by molar-refractivity contribution is -0.150. The summed E-state index contributed by atoms with van der Waals surface area (Å²) in [6.07, 6.45) is 3.93. The molecule has 2 rings (SSSR count). The van der Waals surface area contributed by atoms with E-state index in [-0.39, 0.29) is 29.4 Å². The van der Waals surface area contributed by atoms with Gasteiger partial charge in [-0.25, -0.2) is 0 Å². The number of hydrogen-bond donors (Lipinski definition) is 0. The van der Waals surface area contributed by atoms with Crippen LogP contribution in [0.1, 0.15) is 46.0 Å². The second-order valence-electron chi connectivity index (χ2n) is 5.71. The quantitative estimate of drug-likeness (QED) is 0.744. The molecule has 4 heteroatoms. The van der Waals surface area contributed by atoms with Crippen molar-refractivity contribution in [1.29, 1.82) is 0 Å². The number of carbonyl (C=O) groups excluding carboxylic acids is 3. The molecule has 0 spiro atoms. The summed E-state index contributed by atoms with van der Waals surface area (Å²) in [5.41, 5.74) is 1.32. The van der Waals surface area contributed by atoms with Gasteiger partial charge in [0.15, 0.2) is 11.6 Å². The minimum atomic E-state index is -0.390. The summed E-state index contributed by atoms with van der Waals surface area (Å²) in [6, 6.07) is 0. The number of methoxy groups -OCH3 is 1. The first-order valence-corrected chi connectivity index (χ1v) is 7.38. The third-order valence-corrected chi connectivity index (χ3v) is 4.68. The fourth-order valence-corrected chi connectivity index (χ4v) is 3.87. The Morgan fingerprint density at radius 3 is 2.45 bits per heavy atom. The summed E-state index contributed by atoms with van der Waals surface area (Å²) in [6.45, 7) is 3.42. The molecule has 3 atom stereocenters. The van der Waals surface area contributed by atoms with Gasteiger partial charge in [-0.1, -0.05) is 19.8 Å². The highest BCUT2D eigenvalue weighted by atomic mass is 16.5. The average molecular weight is 278 g/mol. The first-order chi connectivity index (χ1) is 9.52. The summed E-state index contributed by atoms with van der Waals surface area (Å²) in [7, 11) is 1.36. The van der Waals surface area contributed by atoms with Gasteiger partial charge in [0.2, 0.25) is 0 Å². The van der Waals surface area contributed by atoms with Crippen molar-refractivity contribution in [3.05, 3.63) is 11.1 Å². The van der Waals surface area contributed by atoms with Gasteiger partial charge in [-0.2, -0.15) is 0 Å². The molecule has 0 radical (unpaired) electrons. The zero-order chi connectivity index (χ0) is 14.9. The highest BCUT2D eigenvalue weighted by Gasteiger charge is 2.49. The van der Waals surface area contributed by atoms with Gasteiger partial charge in [0.1, 0.15) is 0 Å². The van der Waals surface area contributed by atoms with Crippen LogP contribution in [0, 0.1) is 17.8 Å². The number of allylic oxidation sites excluding steroid dienone is 2. The van der Waals surface area contributed by atoms with Gasteiger partial charge >= 0.3 is 5.97 Å². The van der Waals surface area contributed by atoms with Crippen LogP contribution in [0.2, 0.25) is 0 Å². The molecular weight excluding hydrogens is 256 g/mol. The summed E-state index contributed by atoms with van der Waals surface area (Å²) in [5, 5.41) is 0. The Bertz CT molecular complexity index is 475. The molecule has 1 saturated carbocycles. The molecular formula is C16H22O4. The maximum atomic E-state index is 12.7. The van der Waals surface area contributed by atoms with Crippen LogP contribution in [-0.4, -0.2) is 24.6 Å². The molecule has 0 aromatic carbocycles. The zero-order valence-electron chi connectivity index (χ0n) is 12.4. The Kier molecular flexibility index (Phi) is 4.41. The van der Waals surface area contributed by atoms with Crippen molar-refractivity contribution >= 4 is 17.5 Å². The van der Waals surface area contributed by atoms with Crippen LogP contribution >= 0.6 is 0 Å². The molecule has 0 bridgehead atoms. The van der Waals surface area contributed by atoms with E-state index in [9.17, 15) is 14.4 Å². The van der Waals surface area contributed by atoms with Gasteiger partial charge in [0.05, 0.1) is 13.0 Å². The molecule has 1 fully saturated rings. The SMILES string of the molecule is CCC1=C(C(C)=O)C2CCCCC(C(=O)OC)C2C1=O. The third-order valence-electron chi connectivity index (χ3n) is 4.68. The number of rotatable bonds is 3. The molecule has 0 saturated heterocycles. The van der Waals surface area contributed by atoms with Crippen molar-refractivity contribution in [1.82, 2.24) is 0 Å². The standard InChI is InChI=1S/C16H22O4/c1-4-10-13(9(2)17)11-7-5-6-8-12(16(19)20-3)14(11)15(10)18/h11-12,14H,4-8H2,1-3H3. The fourth-order valence-electron chi connectivity index (χ4n) is 3.87. The maximum absolute atomic E-state index is 12.7. The number of esters is 1. The monoisotopic (exact) mass is 278 g/mol. The highest BCUT2D eigenvalue weighted by Crippen LogP contribution is 2.46. The number of carbonyl (C=O) groups is 3. The second-order valence-corrected chi connectivity index (χ2v) is 5.71. The van der Waals surface area contributed by atoms with E-state index in [0.717, 1.165) is 19.3 Å². The van der Waals surface area contributed by atoms with E-state index in [4.69, 9.17) is 4.74 Å². The average Bonchev–Trinajstić information content (AvgIpc) is 2.59. The van der Waals surface area contributed by atoms with Crippen LogP contribution in [0.5, 0.6) is 0 Å². The number of ether oxygens (including phenoxy) is 1. The van der Waals surface area contributed by atoms with Gasteiger partial charge in [-0.15, -0.1) is 0 Å². The van der Waals surface area contributed by atoms with Crippen molar-refractivity contribution in [3.63, 3.8) is 0 Å². The van der Waals surface area contributed by atoms with Crippen LogP contribution in [-0.2, 0) is 19.1 Å². The van der Waals surface area contributed by atoms with Crippen molar-refractivity contribution in [2.24, 2.45) is 17.8 Å². The predicted octanol–water partition coefficient (Wildman–Crippen LogP) is 2.46. The summed E-state index contributed by atoms with van der Waals surface area (Å²) in [5.74, 6) is -1.18. The lowest BCUT2D eigenvalue weighted by Gasteiger charge is -2.23. The van der Waals surface area contributed by atoms with E-state index < -0.39 is 5.92 Å². The van der Waals surface area contributed by atoms with Crippen LogP contribution in [0.25, 0.3) is 0 Å². The molecule has 110 valence electrons. The van der Waals surface area contributed by atoms with Gasteiger partial charge in [0, 0.05) is 17.1 Å². The van der Waals surface area contributed by atoms with Gasteiger partial charge < -0.3 is 4.74 Å². The van der Waals surface area contributed by atoms with Gasteiger partial charge in [-0.05, 0) is 32.1 Å². The minimum absolute atomic E-state index is 0.000000000000000222. The van der Waals surface area contributed by atoms with Crippen molar-refractivity contribution in [2.45, 2.75) is 46.0 Å². The Morgan fingerprint density at radius 2 is 1.90 bits per heavy atom. The van der Waals surface area contributed by atoms with Crippen molar-refractivity contribution in [3.8, 4) is 0 Å². The Morgan fingerprint density at radius 1 is 1.25 bits per heavy atom. The summed E-state index contributed by atoms with van der Waals surface area (Å²) < 4.78 is 4.87. The van der Waals surface area contributed by atoms with Gasteiger partial charge in [-0.3, -0.25) is 14.4 Å². The molecule has 2 aliphatic carbocycles. The predicted molar refractivity (Wildman–Crippen MR) is 74.0 cm³/mol. The molecule has 0 amide bonds. The van der Waals surface area contributed by atoms with E-state index in [2.05, 4.69) is 0 Å². The highest BCUT2D eigenvalue weighted by molar-refractivity contribution is 6.11. The van der Waals surface area contributed by atoms with Crippen LogP contribution in [0.4, 0.5) is 0 Å². The first kappa shape index (κ1) is 14.9. The van der Waals surface area contributed by atoms with E-state index in [1.165, 1.54) is 14.0 Å². The maximum Gasteiger partial charge on any atom is 0.309 e. The molecule has 0 N–H and O–H groups in total. The lowest BCUT2D eigenvalue weighted by Crippen LogP contribution is -2.32. The summed E-state index contributed by atoms with van der Waals surface area (Å²) >= 11 is 0. The fraction of sp³-hybridized carbons (Fsp3) is 0.688. The molecule has 0 aromatic heterocycles. The second kappa shape index (κ2) is 5.90. The van der Waals surface area contributed by atoms with E-state index in [1.807, 2.05) is 6.92 Å². The van der Waals surface area contributed by atoms with Gasteiger partial charge in [0.25, 0.3) is 0 Å². The van der Waals surface area contributed by atoms with Crippen LogP contribution in [0.3, 0.4) is 0 Å². The molecule has 0 heterocycles. The summed E-state index contributed by atoms with van der Waals surface area (Å²) in [4.78, 5) is 36.6. The topological polar surface area (TPSA) is 60.4 Å². The van der Waals surface area contributed by atoms with Crippen LogP contribution in [0.15, 0.2) is 11.1 Å². The van der Waals surface area contributed by atoms with E-state index in [1.54, 1.807) is 0 Å². The molecule has 4 nitrogen and oxygen atoms in total. The van der Waals surface area contributed by atoms with E-state index >= 15 is 0 Å². The molecule has 0 aromatic rings. The number of hydrogen-bond acceptors (Lipinski definition) is 4. The normalized spacial score (nSPS) is 29.9. The zero-order valence-corrected chi connectivity index (χ0v) is 12.4. The Labute approximate surface area is 119 Å². The Balaban J connectivity index is 2.44. The lowest BCUT2D eigenvalue weighted by atomic mass is 9.79. The number of Topliss-reactive ketones (excluding diaryl/α,β-unsaturated/α-hetero) is 2. The minimum Gasteiger partial charge on any atom is -0.469 e. The molecule has 0 aliphatic heterocycles. The van der Waals surface area contributed by atoms with Crippen LogP contribution < -0.4 is 0 Å². The Hall–Kier alpha value is -1.45. The van der Waals surface area contributed by atoms with E-state index in [0.29, 0.717) is 24.0 Å². The molecule has 3 unspecified atom stereocenters. The largest absolute Gasteiger partial charge is 0.469 e. The first-order valence-electron chi connectivity index (χ1n) is 7.38. The van der Waals surface area contributed by atoms with Crippen molar-refractivity contribution < 1.29 is 19.1 Å². The molecule has 2 aliphatic rings. The molecule has 20 heavy (non-hydrogen) atoms.